The zero-order valence-electron chi connectivity index (χ0n) is 19.6. The number of aromatic amines is 1. The summed E-state index contributed by atoms with van der Waals surface area (Å²) < 4.78 is 10.9. The van der Waals surface area contributed by atoms with Crippen molar-refractivity contribution in [3.8, 4) is 0 Å². The Balaban J connectivity index is 1.66. The molecule has 1 aromatic heterocycles. The molecule has 8 nitrogen and oxygen atoms in total. The molecule has 2 N–H and O–H groups in total. The summed E-state index contributed by atoms with van der Waals surface area (Å²) in [5, 5.41) is 4.08. The highest BCUT2D eigenvalue weighted by Gasteiger charge is 2.31. The van der Waals surface area contributed by atoms with Crippen LogP contribution in [-0.2, 0) is 20.7 Å². The van der Waals surface area contributed by atoms with Crippen LogP contribution >= 0.6 is 0 Å². The lowest BCUT2D eigenvalue weighted by Gasteiger charge is -2.30. The Morgan fingerprint density at radius 2 is 1.97 bits per heavy atom. The van der Waals surface area contributed by atoms with Crippen molar-refractivity contribution in [3.05, 3.63) is 36.0 Å². The molecule has 1 fully saturated rings. The van der Waals surface area contributed by atoms with Crippen LogP contribution in [0.25, 0.3) is 10.9 Å². The molecular formula is C24H36N4O4. The van der Waals surface area contributed by atoms with Gasteiger partial charge in [-0.3, -0.25) is 14.6 Å². The molecule has 0 aliphatic carbocycles. The van der Waals surface area contributed by atoms with Crippen LogP contribution in [0, 0.1) is 0 Å². The summed E-state index contributed by atoms with van der Waals surface area (Å²) in [5.41, 5.74) is 1.36. The maximum Gasteiger partial charge on any atom is 0.410 e. The monoisotopic (exact) mass is 444 g/mol. The average Bonchev–Trinajstić information content (AvgIpc) is 3.17. The number of morpholine rings is 1. The topological polar surface area (TPSA) is 86.9 Å². The third kappa shape index (κ3) is 6.71. The van der Waals surface area contributed by atoms with E-state index in [9.17, 15) is 9.59 Å². The number of carbonyl (C=O) groups excluding carboxylic acids is 2. The fourth-order valence-electron chi connectivity index (χ4n) is 3.83. The molecule has 8 heteroatoms. The zero-order chi connectivity index (χ0) is 23.1. The van der Waals surface area contributed by atoms with Gasteiger partial charge < -0.3 is 19.8 Å². The molecule has 3 rings (SSSR count). The summed E-state index contributed by atoms with van der Waals surface area (Å²) in [6.07, 6.45) is 2.65. The first-order valence-corrected chi connectivity index (χ1v) is 11.3. The molecule has 1 atom stereocenters. The second-order valence-electron chi connectivity index (χ2n) is 9.27. The minimum Gasteiger partial charge on any atom is -0.444 e. The van der Waals surface area contributed by atoms with Gasteiger partial charge in [0.1, 0.15) is 11.6 Å². The van der Waals surface area contributed by atoms with Crippen molar-refractivity contribution in [2.24, 2.45) is 0 Å². The molecule has 1 aliphatic rings. The van der Waals surface area contributed by atoms with Crippen LogP contribution in [0.2, 0.25) is 0 Å². The predicted octanol–water partition coefficient (Wildman–Crippen LogP) is 2.78. The molecule has 1 saturated heterocycles. The summed E-state index contributed by atoms with van der Waals surface area (Å²) >= 11 is 0. The van der Waals surface area contributed by atoms with Crippen LogP contribution in [0.1, 0.15) is 32.8 Å². The number of aromatic nitrogens is 1. The van der Waals surface area contributed by atoms with Crippen molar-refractivity contribution in [2.75, 3.05) is 46.4 Å². The van der Waals surface area contributed by atoms with Crippen LogP contribution in [0.5, 0.6) is 0 Å². The number of amides is 2. The summed E-state index contributed by atoms with van der Waals surface area (Å²) in [5.74, 6) is -0.175. The van der Waals surface area contributed by atoms with E-state index in [1.54, 1.807) is 7.05 Å². The van der Waals surface area contributed by atoms with Gasteiger partial charge in [0.05, 0.1) is 13.2 Å². The molecule has 2 heterocycles. The Morgan fingerprint density at radius 3 is 2.69 bits per heavy atom. The van der Waals surface area contributed by atoms with E-state index in [0.717, 1.165) is 55.7 Å². The van der Waals surface area contributed by atoms with Gasteiger partial charge in [0, 0.05) is 50.2 Å². The van der Waals surface area contributed by atoms with Gasteiger partial charge in [-0.1, -0.05) is 18.2 Å². The fraction of sp³-hybridized carbons (Fsp3) is 0.583. The standard InChI is InChI=1S/C24H36N4O4/c1-24(2,3)32-23(30)27(4)21(16-18-17-26-20-9-6-5-8-19(18)20)22(29)25-10-7-11-28-12-14-31-15-13-28/h5-6,8-9,17,21,26H,7,10-16H2,1-4H3,(H,25,29)/t21-/m0/s1. The number of benzene rings is 1. The van der Waals surface area contributed by atoms with Gasteiger partial charge in [0.2, 0.25) is 5.91 Å². The number of carbonyl (C=O) groups is 2. The van der Waals surface area contributed by atoms with Crippen LogP contribution in [0.4, 0.5) is 4.79 Å². The van der Waals surface area contributed by atoms with Crippen LogP contribution in [-0.4, -0.2) is 84.9 Å². The first-order chi connectivity index (χ1) is 15.2. The van der Waals surface area contributed by atoms with E-state index < -0.39 is 17.7 Å². The average molecular weight is 445 g/mol. The Hall–Kier alpha value is -2.58. The predicted molar refractivity (Wildman–Crippen MR) is 125 cm³/mol. The molecule has 0 bridgehead atoms. The highest BCUT2D eigenvalue weighted by Crippen LogP contribution is 2.21. The van der Waals surface area contributed by atoms with Crippen molar-refractivity contribution in [3.63, 3.8) is 0 Å². The number of rotatable bonds is 8. The SMILES string of the molecule is CN(C(=O)OC(C)(C)C)[C@@H](Cc1c[nH]c2ccccc12)C(=O)NCCCN1CCOCC1. The van der Waals surface area contributed by atoms with Crippen LogP contribution < -0.4 is 5.32 Å². The largest absolute Gasteiger partial charge is 0.444 e. The number of fused-ring (bicyclic) bond motifs is 1. The Kier molecular flexibility index (Phi) is 8.15. The number of nitrogens with zero attached hydrogens (tertiary/aromatic N) is 2. The number of likely N-dealkylation sites (N-methyl/N-ethyl adjacent to an activating group) is 1. The lowest BCUT2D eigenvalue weighted by atomic mass is 10.0. The molecule has 2 aromatic rings. The number of para-hydroxylation sites is 1. The number of nitrogens with one attached hydrogen (secondary N) is 2. The molecule has 32 heavy (non-hydrogen) atoms. The van der Waals surface area contributed by atoms with E-state index in [-0.39, 0.29) is 5.91 Å². The third-order valence-corrected chi connectivity index (χ3v) is 5.59. The molecule has 0 radical (unpaired) electrons. The highest BCUT2D eigenvalue weighted by molar-refractivity contribution is 5.88. The van der Waals surface area contributed by atoms with E-state index in [0.29, 0.717) is 13.0 Å². The van der Waals surface area contributed by atoms with Gasteiger partial charge in [-0.15, -0.1) is 0 Å². The molecule has 0 saturated carbocycles. The minimum atomic E-state index is -0.674. The van der Waals surface area contributed by atoms with E-state index >= 15 is 0 Å². The van der Waals surface area contributed by atoms with E-state index in [2.05, 4.69) is 15.2 Å². The van der Waals surface area contributed by atoms with Crippen LogP contribution in [0.15, 0.2) is 30.5 Å². The Morgan fingerprint density at radius 1 is 1.25 bits per heavy atom. The lowest BCUT2D eigenvalue weighted by molar-refractivity contribution is -0.126. The Bertz CT molecular complexity index is 899. The van der Waals surface area contributed by atoms with Gasteiger partial charge >= 0.3 is 6.09 Å². The maximum atomic E-state index is 13.2. The van der Waals surface area contributed by atoms with Crippen LogP contribution in [0.3, 0.4) is 0 Å². The normalized spacial score (nSPS) is 16.0. The zero-order valence-corrected chi connectivity index (χ0v) is 19.6. The van der Waals surface area contributed by atoms with Crippen molar-refractivity contribution < 1.29 is 19.1 Å². The Labute approximate surface area is 190 Å². The first kappa shape index (κ1) is 24.1. The second kappa shape index (κ2) is 10.8. The minimum absolute atomic E-state index is 0.175. The fourth-order valence-corrected chi connectivity index (χ4v) is 3.83. The molecular weight excluding hydrogens is 408 g/mol. The van der Waals surface area contributed by atoms with Gasteiger partial charge in [0.15, 0.2) is 0 Å². The van der Waals surface area contributed by atoms with Gasteiger partial charge in [-0.05, 0) is 45.4 Å². The first-order valence-electron chi connectivity index (χ1n) is 11.3. The number of hydrogen-bond donors (Lipinski definition) is 2. The molecule has 0 unspecified atom stereocenters. The smallest absolute Gasteiger partial charge is 0.410 e. The van der Waals surface area contributed by atoms with Crippen molar-refractivity contribution in [1.82, 2.24) is 20.1 Å². The van der Waals surface area contributed by atoms with Crippen molar-refractivity contribution in [1.29, 1.82) is 0 Å². The molecule has 176 valence electrons. The summed E-state index contributed by atoms with van der Waals surface area (Å²) in [6.45, 7) is 10.3. The third-order valence-electron chi connectivity index (χ3n) is 5.59. The molecule has 1 aromatic carbocycles. The number of hydrogen-bond acceptors (Lipinski definition) is 5. The van der Waals surface area contributed by atoms with Gasteiger partial charge in [-0.25, -0.2) is 4.79 Å². The van der Waals surface area contributed by atoms with Crippen molar-refractivity contribution >= 4 is 22.9 Å². The van der Waals surface area contributed by atoms with E-state index in [1.807, 2.05) is 51.2 Å². The summed E-state index contributed by atoms with van der Waals surface area (Å²) in [7, 11) is 1.63. The quantitative estimate of drug-likeness (QED) is 0.612. The maximum absolute atomic E-state index is 13.2. The highest BCUT2D eigenvalue weighted by atomic mass is 16.6. The molecule has 2 amide bonds. The van der Waals surface area contributed by atoms with E-state index in [4.69, 9.17) is 9.47 Å². The van der Waals surface area contributed by atoms with Gasteiger partial charge in [0.25, 0.3) is 0 Å². The van der Waals surface area contributed by atoms with Crippen molar-refractivity contribution in [2.45, 2.75) is 45.3 Å². The molecule has 1 aliphatic heterocycles. The van der Waals surface area contributed by atoms with Gasteiger partial charge in [-0.2, -0.15) is 0 Å². The second-order valence-corrected chi connectivity index (χ2v) is 9.27. The summed E-state index contributed by atoms with van der Waals surface area (Å²) in [4.78, 5) is 32.9. The number of ether oxygens (including phenoxy) is 2. The lowest BCUT2D eigenvalue weighted by Crippen LogP contribution is -2.50. The number of H-pyrrole nitrogens is 1. The van der Waals surface area contributed by atoms with E-state index in [1.165, 1.54) is 4.90 Å². The molecule has 0 spiro atoms. The summed E-state index contributed by atoms with van der Waals surface area (Å²) in [6, 6.07) is 7.28.